The monoisotopic (exact) mass is 799 g/mol. The number of halogens is 3. The van der Waals surface area contributed by atoms with Crippen molar-refractivity contribution >= 4 is 35.8 Å². The number of aromatic nitrogens is 1. The first kappa shape index (κ1) is 40.0. The minimum absolute atomic E-state index is 0.0190. The fourth-order valence-electron chi connectivity index (χ4n) is 6.03. The second-order valence-corrected chi connectivity index (χ2v) is 13.6. The zero-order chi connectivity index (χ0) is 40.5. The lowest BCUT2D eigenvalue weighted by molar-refractivity contribution is 0.111. The zero-order valence-electron chi connectivity index (χ0n) is 30.6. The summed E-state index contributed by atoms with van der Waals surface area (Å²) in [7, 11) is 0. The van der Waals surface area contributed by atoms with Crippen LogP contribution >= 0.6 is 23.2 Å². The summed E-state index contributed by atoms with van der Waals surface area (Å²) in [6.45, 7) is 4.40. The van der Waals surface area contributed by atoms with Gasteiger partial charge < -0.3 is 18.9 Å². The number of nitriles is 2. The molecule has 5 aromatic carbocycles. The Morgan fingerprint density at radius 2 is 1.16 bits per heavy atom. The summed E-state index contributed by atoms with van der Waals surface area (Å²) >= 11 is 13.0. The van der Waals surface area contributed by atoms with Crippen LogP contribution in [0.5, 0.6) is 23.0 Å². The summed E-state index contributed by atoms with van der Waals surface area (Å²) in [5.74, 6) is 0.495. The molecule has 0 aliphatic carbocycles. The minimum atomic E-state index is -0.630. The maximum atomic E-state index is 13.8. The maximum Gasteiger partial charge on any atom is 0.153 e. The Hall–Kier alpha value is -6.72. The van der Waals surface area contributed by atoms with Crippen molar-refractivity contribution in [2.75, 3.05) is 0 Å². The highest BCUT2D eigenvalue weighted by atomic mass is 35.5. The number of hydrogen-bond acceptors (Lipinski definition) is 9. The summed E-state index contributed by atoms with van der Waals surface area (Å²) in [4.78, 5) is 27.7. The van der Waals surface area contributed by atoms with Crippen LogP contribution in [-0.2, 0) is 26.4 Å². The van der Waals surface area contributed by atoms with Gasteiger partial charge in [0.05, 0.1) is 32.3 Å². The molecule has 57 heavy (non-hydrogen) atoms. The quantitative estimate of drug-likeness (QED) is 0.0931. The van der Waals surface area contributed by atoms with Gasteiger partial charge in [0.1, 0.15) is 67.4 Å². The number of carbonyl (C=O) groups excluding carboxylic acids is 2. The molecule has 1 aromatic heterocycles. The van der Waals surface area contributed by atoms with Gasteiger partial charge in [-0.25, -0.2) is 4.39 Å². The summed E-state index contributed by atoms with van der Waals surface area (Å²) in [6.07, 6.45) is 4.31. The van der Waals surface area contributed by atoms with Crippen molar-refractivity contribution < 1.29 is 32.9 Å². The van der Waals surface area contributed by atoms with E-state index in [1.165, 1.54) is 42.6 Å². The first-order chi connectivity index (χ1) is 27.6. The van der Waals surface area contributed by atoms with E-state index in [1.54, 1.807) is 24.4 Å². The van der Waals surface area contributed by atoms with Crippen molar-refractivity contribution in [3.8, 4) is 46.3 Å². The molecule has 0 amide bonds. The SMILES string of the molecule is Cc1c(COc2cc(OCc3cncc(C#N)c3)c(C=O)cc2Cl)cccc1-c1cccc(COc2cc(OCc3ccc(F)c(C#N)c3)c(C=O)cc2Cl)c1C. The van der Waals surface area contributed by atoms with Crippen LogP contribution < -0.4 is 18.9 Å². The lowest BCUT2D eigenvalue weighted by Crippen LogP contribution is -2.04. The van der Waals surface area contributed by atoms with Crippen LogP contribution in [0.1, 0.15) is 65.2 Å². The molecule has 12 heteroatoms. The van der Waals surface area contributed by atoms with Crippen LogP contribution in [0.3, 0.4) is 0 Å². The van der Waals surface area contributed by atoms with Gasteiger partial charge in [-0.2, -0.15) is 10.5 Å². The molecule has 0 radical (unpaired) electrons. The largest absolute Gasteiger partial charge is 0.488 e. The summed E-state index contributed by atoms with van der Waals surface area (Å²) in [6, 6.07) is 27.5. The predicted octanol–water partition coefficient (Wildman–Crippen LogP) is 10.5. The van der Waals surface area contributed by atoms with E-state index >= 15 is 0 Å². The minimum Gasteiger partial charge on any atom is -0.488 e. The molecule has 0 aliphatic heterocycles. The molecule has 0 bridgehead atoms. The summed E-state index contributed by atoms with van der Waals surface area (Å²) in [5.41, 5.74) is 7.69. The Morgan fingerprint density at radius 1 is 0.632 bits per heavy atom. The third kappa shape index (κ3) is 9.40. The topological polar surface area (TPSA) is 132 Å². The summed E-state index contributed by atoms with van der Waals surface area (Å²) in [5, 5.41) is 18.8. The van der Waals surface area contributed by atoms with Crippen LogP contribution in [0.2, 0.25) is 10.0 Å². The van der Waals surface area contributed by atoms with Gasteiger partial charge in [0, 0.05) is 30.1 Å². The lowest BCUT2D eigenvalue weighted by atomic mass is 9.92. The molecule has 0 aliphatic rings. The highest BCUT2D eigenvalue weighted by molar-refractivity contribution is 6.32. The van der Waals surface area contributed by atoms with Gasteiger partial charge in [-0.1, -0.05) is 65.7 Å². The van der Waals surface area contributed by atoms with Crippen LogP contribution in [0.15, 0.2) is 97.3 Å². The van der Waals surface area contributed by atoms with E-state index < -0.39 is 5.82 Å². The lowest BCUT2D eigenvalue weighted by Gasteiger charge is -2.18. The van der Waals surface area contributed by atoms with Gasteiger partial charge in [0.15, 0.2) is 12.6 Å². The molecule has 0 saturated carbocycles. The second kappa shape index (κ2) is 18.3. The maximum absolute atomic E-state index is 13.8. The van der Waals surface area contributed by atoms with Crippen LogP contribution in [0.25, 0.3) is 11.1 Å². The standard InChI is InChI=1S/C45H32Cl2FN3O6/c1-27-32(25-56-44-15-42(35(21-52)13-39(44)46)54-23-29-9-10-41(48)34(12-29)18-50)5-3-7-37(27)38-8-4-6-33(28(38)2)26-57-45-16-43(36(22-53)14-40(45)47)55-24-31-11-30(17-49)19-51-20-31/h3-16,19-22H,23-26H2,1-2H3. The van der Waals surface area contributed by atoms with E-state index in [1.807, 2.05) is 56.3 Å². The Bertz CT molecular complexity index is 2580. The molecule has 0 saturated heterocycles. The van der Waals surface area contributed by atoms with Crippen LogP contribution in [-0.4, -0.2) is 17.6 Å². The molecule has 6 rings (SSSR count). The fourth-order valence-corrected chi connectivity index (χ4v) is 6.48. The molecule has 0 unspecified atom stereocenters. The average molecular weight is 801 g/mol. The molecule has 0 fully saturated rings. The molecule has 0 atom stereocenters. The predicted molar refractivity (Wildman–Crippen MR) is 212 cm³/mol. The molecular weight excluding hydrogens is 768 g/mol. The van der Waals surface area contributed by atoms with Gasteiger partial charge >= 0.3 is 0 Å². The molecule has 1 heterocycles. The molecule has 0 spiro atoms. The third-order valence-corrected chi connectivity index (χ3v) is 9.79. The van der Waals surface area contributed by atoms with Crippen LogP contribution in [0.4, 0.5) is 4.39 Å². The van der Waals surface area contributed by atoms with E-state index in [0.29, 0.717) is 40.8 Å². The molecule has 0 N–H and O–H groups in total. The summed E-state index contributed by atoms with van der Waals surface area (Å²) < 4.78 is 38.0. The van der Waals surface area contributed by atoms with Crippen molar-refractivity contribution in [1.29, 1.82) is 10.5 Å². The van der Waals surface area contributed by atoms with Gasteiger partial charge in [-0.05, 0) is 83.1 Å². The van der Waals surface area contributed by atoms with Crippen molar-refractivity contribution in [2.45, 2.75) is 40.3 Å². The number of rotatable bonds is 15. The van der Waals surface area contributed by atoms with Crippen molar-refractivity contribution in [1.82, 2.24) is 4.98 Å². The fraction of sp³-hybridized carbons (Fsp3) is 0.133. The number of ether oxygens (including phenoxy) is 4. The molecule has 284 valence electrons. The average Bonchev–Trinajstić information content (AvgIpc) is 3.23. The molecular formula is C45H32Cl2FN3O6. The Balaban J connectivity index is 1.16. The second-order valence-electron chi connectivity index (χ2n) is 12.8. The number of benzene rings is 5. The van der Waals surface area contributed by atoms with E-state index in [-0.39, 0.29) is 64.7 Å². The highest BCUT2D eigenvalue weighted by Crippen LogP contribution is 2.37. The number of carbonyl (C=O) groups is 2. The van der Waals surface area contributed by atoms with Gasteiger partial charge in [-0.3, -0.25) is 14.6 Å². The smallest absolute Gasteiger partial charge is 0.153 e. The van der Waals surface area contributed by atoms with Gasteiger partial charge in [-0.15, -0.1) is 0 Å². The number of aldehydes is 2. The Labute approximate surface area is 338 Å². The van der Waals surface area contributed by atoms with E-state index in [4.69, 9.17) is 47.4 Å². The Kier molecular flexibility index (Phi) is 12.8. The number of nitrogens with zero attached hydrogens (tertiary/aromatic N) is 3. The third-order valence-electron chi connectivity index (χ3n) is 9.19. The van der Waals surface area contributed by atoms with E-state index in [9.17, 15) is 19.2 Å². The molecule has 6 aromatic rings. The number of hydrogen-bond donors (Lipinski definition) is 0. The number of pyridine rings is 1. The first-order valence-corrected chi connectivity index (χ1v) is 18.2. The van der Waals surface area contributed by atoms with E-state index in [2.05, 4.69) is 4.98 Å². The van der Waals surface area contributed by atoms with E-state index in [0.717, 1.165) is 33.4 Å². The normalized spacial score (nSPS) is 10.6. The Morgan fingerprint density at radius 3 is 1.67 bits per heavy atom. The zero-order valence-corrected chi connectivity index (χ0v) is 32.2. The van der Waals surface area contributed by atoms with Gasteiger partial charge in [0.2, 0.25) is 0 Å². The van der Waals surface area contributed by atoms with Crippen molar-refractivity contribution in [2.24, 2.45) is 0 Å². The molecule has 9 nitrogen and oxygen atoms in total. The highest BCUT2D eigenvalue weighted by Gasteiger charge is 2.17. The van der Waals surface area contributed by atoms with Crippen LogP contribution in [0, 0.1) is 42.3 Å². The van der Waals surface area contributed by atoms with Crippen molar-refractivity contribution in [3.05, 3.63) is 169 Å². The van der Waals surface area contributed by atoms with Gasteiger partial charge in [0.25, 0.3) is 0 Å². The first-order valence-electron chi connectivity index (χ1n) is 17.4. The van der Waals surface area contributed by atoms with Crippen molar-refractivity contribution in [3.63, 3.8) is 0 Å².